The molecule has 0 atom stereocenters. The third-order valence-corrected chi connectivity index (χ3v) is 3.69. The first-order valence-electron chi connectivity index (χ1n) is 7.81. The van der Waals surface area contributed by atoms with E-state index in [2.05, 4.69) is 63.5 Å². The molecule has 0 aliphatic rings. The van der Waals surface area contributed by atoms with Crippen LogP contribution in [0.15, 0.2) is 97.6 Å². The van der Waals surface area contributed by atoms with Crippen LogP contribution >= 0.6 is 11.6 Å². The second-order valence-corrected chi connectivity index (χ2v) is 5.64. The highest BCUT2D eigenvalue weighted by atomic mass is 35.5. The van der Waals surface area contributed by atoms with Crippen LogP contribution in [-0.2, 0) is 0 Å². The highest BCUT2D eigenvalue weighted by molar-refractivity contribution is 6.30. The van der Waals surface area contributed by atoms with E-state index in [4.69, 9.17) is 11.6 Å². The monoisotopic (exact) mass is 345 g/mol. The van der Waals surface area contributed by atoms with E-state index in [0.717, 1.165) is 5.56 Å². The van der Waals surface area contributed by atoms with E-state index in [1.165, 1.54) is 23.8 Å². The standard InChI is InChI=1S/C12H10.C9H6ClN3/c1-3-7-11(8-4-1)12-9-5-2-6-10-12;10-8-3-1-2-7(4-8)9-12-5-11-6-13-9/h1-10H;1-6H. The van der Waals surface area contributed by atoms with Gasteiger partial charge in [0.25, 0.3) is 0 Å². The van der Waals surface area contributed by atoms with Gasteiger partial charge in [-0.25, -0.2) is 15.0 Å². The predicted octanol–water partition coefficient (Wildman–Crippen LogP) is 5.55. The van der Waals surface area contributed by atoms with Crippen LogP contribution in [0.4, 0.5) is 0 Å². The summed E-state index contributed by atoms with van der Waals surface area (Å²) in [5, 5.41) is 0.679. The Bertz CT molecular complexity index is 860. The van der Waals surface area contributed by atoms with Gasteiger partial charge < -0.3 is 0 Å². The topological polar surface area (TPSA) is 38.7 Å². The van der Waals surface area contributed by atoms with E-state index >= 15 is 0 Å². The van der Waals surface area contributed by atoms with E-state index in [1.807, 2.05) is 36.4 Å². The molecule has 0 spiro atoms. The molecule has 0 radical (unpaired) electrons. The number of nitrogens with zero attached hydrogens (tertiary/aromatic N) is 3. The van der Waals surface area contributed by atoms with Gasteiger partial charge in [-0.3, -0.25) is 0 Å². The molecule has 3 nitrogen and oxygen atoms in total. The fraction of sp³-hybridized carbons (Fsp3) is 0. The summed E-state index contributed by atoms with van der Waals surface area (Å²) in [4.78, 5) is 11.8. The Morgan fingerprint density at radius 1 is 0.560 bits per heavy atom. The molecular formula is C21H16ClN3. The van der Waals surface area contributed by atoms with Crippen molar-refractivity contribution in [2.75, 3.05) is 0 Å². The molecule has 0 saturated carbocycles. The van der Waals surface area contributed by atoms with Gasteiger partial charge in [-0.05, 0) is 23.3 Å². The number of hydrogen-bond acceptors (Lipinski definition) is 3. The van der Waals surface area contributed by atoms with Gasteiger partial charge in [-0.15, -0.1) is 0 Å². The fourth-order valence-electron chi connectivity index (χ4n) is 2.28. The van der Waals surface area contributed by atoms with Crippen LogP contribution in [-0.4, -0.2) is 15.0 Å². The fourth-order valence-corrected chi connectivity index (χ4v) is 2.47. The molecule has 0 unspecified atom stereocenters. The van der Waals surface area contributed by atoms with Gasteiger partial charge in [-0.1, -0.05) is 84.4 Å². The Balaban J connectivity index is 0.000000146. The Morgan fingerprint density at radius 2 is 1.08 bits per heavy atom. The zero-order valence-corrected chi connectivity index (χ0v) is 14.2. The molecule has 25 heavy (non-hydrogen) atoms. The van der Waals surface area contributed by atoms with E-state index < -0.39 is 0 Å². The van der Waals surface area contributed by atoms with Gasteiger partial charge in [0.15, 0.2) is 5.82 Å². The first-order valence-corrected chi connectivity index (χ1v) is 8.19. The maximum atomic E-state index is 5.82. The summed E-state index contributed by atoms with van der Waals surface area (Å²) in [5.41, 5.74) is 3.45. The molecule has 1 aromatic heterocycles. The van der Waals surface area contributed by atoms with E-state index in [9.17, 15) is 0 Å². The van der Waals surface area contributed by atoms with Crippen LogP contribution in [0.25, 0.3) is 22.5 Å². The van der Waals surface area contributed by atoms with Gasteiger partial charge in [0, 0.05) is 10.6 Å². The Kier molecular flexibility index (Phi) is 5.86. The van der Waals surface area contributed by atoms with Crippen molar-refractivity contribution in [3.8, 4) is 22.5 Å². The van der Waals surface area contributed by atoms with E-state index in [1.54, 1.807) is 0 Å². The first-order chi connectivity index (χ1) is 12.3. The van der Waals surface area contributed by atoms with Crippen molar-refractivity contribution in [3.63, 3.8) is 0 Å². The van der Waals surface area contributed by atoms with Crippen molar-refractivity contribution in [2.24, 2.45) is 0 Å². The number of aromatic nitrogens is 3. The molecule has 4 rings (SSSR count). The third kappa shape index (κ3) is 4.96. The van der Waals surface area contributed by atoms with E-state index in [0.29, 0.717) is 10.8 Å². The quantitative estimate of drug-likeness (QED) is 0.478. The molecule has 3 aromatic carbocycles. The zero-order chi connectivity index (χ0) is 17.3. The largest absolute Gasteiger partial charge is 0.225 e. The van der Waals surface area contributed by atoms with E-state index in [-0.39, 0.29) is 0 Å². The van der Waals surface area contributed by atoms with Gasteiger partial charge in [-0.2, -0.15) is 0 Å². The lowest BCUT2D eigenvalue weighted by molar-refractivity contribution is 1.06. The highest BCUT2D eigenvalue weighted by Gasteiger charge is 1.99. The number of halogens is 1. The van der Waals surface area contributed by atoms with Crippen LogP contribution in [0.2, 0.25) is 5.02 Å². The second kappa shape index (κ2) is 8.71. The Morgan fingerprint density at radius 3 is 1.60 bits per heavy atom. The highest BCUT2D eigenvalue weighted by Crippen LogP contribution is 2.18. The molecule has 4 aromatic rings. The van der Waals surface area contributed by atoms with Crippen molar-refractivity contribution in [3.05, 3.63) is 103 Å². The zero-order valence-electron chi connectivity index (χ0n) is 13.5. The average molecular weight is 346 g/mol. The SMILES string of the molecule is Clc1cccc(-c2ncncn2)c1.c1ccc(-c2ccccc2)cc1. The summed E-state index contributed by atoms with van der Waals surface area (Å²) in [6.45, 7) is 0. The summed E-state index contributed by atoms with van der Waals surface area (Å²) < 4.78 is 0. The molecule has 0 N–H and O–H groups in total. The summed E-state index contributed by atoms with van der Waals surface area (Å²) >= 11 is 5.82. The summed E-state index contributed by atoms with van der Waals surface area (Å²) in [6, 6.07) is 28.2. The van der Waals surface area contributed by atoms with Crippen molar-refractivity contribution in [1.82, 2.24) is 15.0 Å². The van der Waals surface area contributed by atoms with Crippen molar-refractivity contribution >= 4 is 11.6 Å². The molecule has 1 heterocycles. The molecular weight excluding hydrogens is 330 g/mol. The second-order valence-electron chi connectivity index (χ2n) is 5.20. The predicted molar refractivity (Wildman–Crippen MR) is 102 cm³/mol. The minimum Gasteiger partial charge on any atom is -0.225 e. The first kappa shape index (κ1) is 16.8. The third-order valence-electron chi connectivity index (χ3n) is 3.46. The van der Waals surface area contributed by atoms with Crippen molar-refractivity contribution in [1.29, 1.82) is 0 Å². The lowest BCUT2D eigenvalue weighted by Crippen LogP contribution is -1.88. The van der Waals surface area contributed by atoms with Crippen LogP contribution in [0.3, 0.4) is 0 Å². The van der Waals surface area contributed by atoms with Crippen LogP contribution < -0.4 is 0 Å². The minimum absolute atomic E-state index is 0.637. The van der Waals surface area contributed by atoms with Gasteiger partial charge in [0.05, 0.1) is 0 Å². The molecule has 0 amide bonds. The van der Waals surface area contributed by atoms with Gasteiger partial charge in [0.2, 0.25) is 0 Å². The molecule has 0 aliphatic carbocycles. The van der Waals surface area contributed by atoms with Crippen molar-refractivity contribution < 1.29 is 0 Å². The summed E-state index contributed by atoms with van der Waals surface area (Å²) in [7, 11) is 0. The molecule has 0 aliphatic heterocycles. The molecule has 0 fully saturated rings. The lowest BCUT2D eigenvalue weighted by Gasteiger charge is -1.98. The van der Waals surface area contributed by atoms with Gasteiger partial charge in [0.1, 0.15) is 12.7 Å². The normalized spacial score (nSPS) is 9.80. The maximum Gasteiger partial charge on any atom is 0.162 e. The minimum atomic E-state index is 0.637. The molecule has 0 bridgehead atoms. The maximum absolute atomic E-state index is 5.82. The van der Waals surface area contributed by atoms with Gasteiger partial charge >= 0.3 is 0 Å². The number of hydrogen-bond donors (Lipinski definition) is 0. The van der Waals surface area contributed by atoms with Crippen LogP contribution in [0.1, 0.15) is 0 Å². The molecule has 122 valence electrons. The number of rotatable bonds is 2. The Labute approximate surface area is 152 Å². The number of benzene rings is 3. The summed E-state index contributed by atoms with van der Waals surface area (Å²) in [5.74, 6) is 0.637. The molecule has 0 saturated heterocycles. The Hall–Kier alpha value is -3.04. The van der Waals surface area contributed by atoms with Crippen LogP contribution in [0.5, 0.6) is 0 Å². The summed E-state index contributed by atoms with van der Waals surface area (Å²) in [6.07, 6.45) is 2.92. The van der Waals surface area contributed by atoms with Crippen LogP contribution in [0, 0.1) is 0 Å². The smallest absolute Gasteiger partial charge is 0.162 e. The average Bonchev–Trinajstić information content (AvgIpc) is 2.71. The lowest BCUT2D eigenvalue weighted by atomic mass is 10.1. The molecule has 4 heteroatoms. The van der Waals surface area contributed by atoms with Crippen molar-refractivity contribution in [2.45, 2.75) is 0 Å².